The first-order valence-electron chi connectivity index (χ1n) is 10.5. The molecule has 0 unspecified atom stereocenters. The molecule has 1 aromatic heterocycles. The molecule has 2 heterocycles. The maximum Gasteiger partial charge on any atom is 0.344 e. The summed E-state index contributed by atoms with van der Waals surface area (Å²) in [5.41, 5.74) is 4.18. The highest BCUT2D eigenvalue weighted by atomic mass is 32.1. The number of hydrazine groups is 1. The van der Waals surface area contributed by atoms with E-state index in [9.17, 15) is 14.4 Å². The molecule has 2 aromatic carbocycles. The summed E-state index contributed by atoms with van der Waals surface area (Å²) in [7, 11) is 0. The van der Waals surface area contributed by atoms with Crippen molar-refractivity contribution in [1.29, 1.82) is 0 Å². The lowest BCUT2D eigenvalue weighted by Crippen LogP contribution is -2.49. The molecule has 1 aliphatic heterocycles. The molecule has 170 valence electrons. The Morgan fingerprint density at radius 2 is 1.91 bits per heavy atom. The Morgan fingerprint density at radius 3 is 2.64 bits per heavy atom. The van der Waals surface area contributed by atoms with Gasteiger partial charge in [-0.25, -0.2) is 4.79 Å². The number of aromatic nitrogens is 3. The molecular weight excluding hydrogens is 440 g/mol. The average molecular weight is 465 g/mol. The zero-order chi connectivity index (χ0) is 23.6. The molecule has 9 nitrogen and oxygen atoms in total. The van der Waals surface area contributed by atoms with Crippen molar-refractivity contribution in [2.45, 2.75) is 38.8 Å². The van der Waals surface area contributed by atoms with Crippen LogP contribution in [0.3, 0.4) is 0 Å². The van der Waals surface area contributed by atoms with Gasteiger partial charge in [-0.3, -0.25) is 24.7 Å². The molecule has 0 radical (unpaired) electrons. The summed E-state index contributed by atoms with van der Waals surface area (Å²) in [6.45, 7) is 3.40. The van der Waals surface area contributed by atoms with E-state index in [1.807, 2.05) is 61.5 Å². The average Bonchev–Trinajstić information content (AvgIpc) is 3.25. The molecule has 4 rings (SSSR count). The number of rotatable bonds is 7. The summed E-state index contributed by atoms with van der Waals surface area (Å²) in [5, 5.41) is 10.4. The summed E-state index contributed by atoms with van der Waals surface area (Å²) in [4.78, 5) is 38.2. The van der Waals surface area contributed by atoms with E-state index in [0.717, 1.165) is 21.7 Å². The minimum absolute atomic E-state index is 0.212. The van der Waals surface area contributed by atoms with Gasteiger partial charge in [0.15, 0.2) is 10.6 Å². The van der Waals surface area contributed by atoms with Crippen molar-refractivity contribution < 1.29 is 14.4 Å². The summed E-state index contributed by atoms with van der Waals surface area (Å²) in [6, 6.07) is 16.6. The van der Waals surface area contributed by atoms with Gasteiger partial charge in [0.2, 0.25) is 0 Å². The number of imide groups is 1. The first-order valence-corrected chi connectivity index (χ1v) is 10.9. The highest BCUT2D eigenvalue weighted by Gasteiger charge is 2.48. The number of hydrogen-bond acceptors (Lipinski definition) is 5. The van der Waals surface area contributed by atoms with Crippen molar-refractivity contribution in [3.63, 3.8) is 0 Å². The fraction of sp³-hybridized carbons (Fsp3) is 0.261. The Bertz CT molecular complexity index is 1270. The molecule has 0 aliphatic carbocycles. The number of amides is 4. The zero-order valence-electron chi connectivity index (χ0n) is 18.3. The van der Waals surface area contributed by atoms with Crippen LogP contribution in [0.4, 0.5) is 4.79 Å². The molecule has 0 bridgehead atoms. The van der Waals surface area contributed by atoms with Gasteiger partial charge in [0.1, 0.15) is 12.1 Å². The topological polar surface area (TPSA) is 112 Å². The van der Waals surface area contributed by atoms with Crippen molar-refractivity contribution in [3.05, 3.63) is 70.5 Å². The summed E-state index contributed by atoms with van der Waals surface area (Å²) >= 11 is 5.28. The Balaban J connectivity index is 1.45. The van der Waals surface area contributed by atoms with Crippen LogP contribution in [0.15, 0.2) is 54.6 Å². The van der Waals surface area contributed by atoms with Crippen LogP contribution in [-0.2, 0) is 22.6 Å². The van der Waals surface area contributed by atoms with E-state index in [1.165, 1.54) is 4.57 Å². The second-order valence-corrected chi connectivity index (χ2v) is 8.62. The van der Waals surface area contributed by atoms with Gasteiger partial charge in [0, 0.05) is 5.56 Å². The molecule has 1 saturated heterocycles. The van der Waals surface area contributed by atoms with Crippen LogP contribution in [-0.4, -0.2) is 43.2 Å². The molecular formula is C23H24N6O3S. The van der Waals surface area contributed by atoms with Gasteiger partial charge in [-0.15, -0.1) is 0 Å². The van der Waals surface area contributed by atoms with Crippen LogP contribution >= 0.6 is 12.2 Å². The van der Waals surface area contributed by atoms with E-state index < -0.39 is 23.4 Å². The highest BCUT2D eigenvalue weighted by Crippen LogP contribution is 2.23. The Hall–Kier alpha value is -3.79. The maximum atomic E-state index is 13.0. The maximum absolute atomic E-state index is 13.0. The molecule has 1 aliphatic rings. The number of aromatic amines is 1. The fourth-order valence-electron chi connectivity index (χ4n) is 3.77. The van der Waals surface area contributed by atoms with Crippen LogP contribution in [0.1, 0.15) is 24.5 Å². The predicted octanol–water partition coefficient (Wildman–Crippen LogP) is 2.89. The van der Waals surface area contributed by atoms with E-state index in [4.69, 9.17) is 12.2 Å². The number of nitrogens with one attached hydrogen (secondary N) is 3. The van der Waals surface area contributed by atoms with Crippen LogP contribution < -0.4 is 10.7 Å². The third-order valence-corrected chi connectivity index (χ3v) is 5.90. The third-order valence-electron chi connectivity index (χ3n) is 5.59. The number of hydrogen-bond donors (Lipinski definition) is 3. The van der Waals surface area contributed by atoms with E-state index in [2.05, 4.69) is 20.9 Å². The quantitative estimate of drug-likeness (QED) is 0.368. The van der Waals surface area contributed by atoms with Gasteiger partial charge in [0.05, 0.1) is 0 Å². The summed E-state index contributed by atoms with van der Waals surface area (Å²) < 4.78 is 1.78. The van der Waals surface area contributed by atoms with Crippen molar-refractivity contribution in [2.24, 2.45) is 0 Å². The molecule has 0 spiro atoms. The predicted molar refractivity (Wildman–Crippen MR) is 124 cm³/mol. The normalized spacial score (nSPS) is 17.8. The minimum Gasteiger partial charge on any atom is -0.322 e. The van der Waals surface area contributed by atoms with Crippen LogP contribution in [0.25, 0.3) is 11.4 Å². The number of carbonyl (C=O) groups excluding carboxylic acids is 3. The minimum atomic E-state index is -1.11. The SMILES string of the molecule is Cc1cccc(-c2n[nH]c(=S)n2CC(=O)NN2C(=O)N[C@](C)(CCc3ccccc3)C2=O)c1. The van der Waals surface area contributed by atoms with Gasteiger partial charge in [-0.05, 0) is 50.5 Å². The number of H-pyrrole nitrogens is 1. The molecule has 0 saturated carbocycles. The van der Waals surface area contributed by atoms with Crippen molar-refractivity contribution in [3.8, 4) is 11.4 Å². The second kappa shape index (κ2) is 8.99. The van der Waals surface area contributed by atoms with Gasteiger partial charge in [0.25, 0.3) is 11.8 Å². The zero-order valence-corrected chi connectivity index (χ0v) is 19.1. The van der Waals surface area contributed by atoms with E-state index >= 15 is 0 Å². The van der Waals surface area contributed by atoms with Gasteiger partial charge >= 0.3 is 6.03 Å². The Morgan fingerprint density at radius 1 is 1.15 bits per heavy atom. The van der Waals surface area contributed by atoms with E-state index in [-0.39, 0.29) is 11.3 Å². The highest BCUT2D eigenvalue weighted by molar-refractivity contribution is 7.71. The first-order chi connectivity index (χ1) is 15.8. The summed E-state index contributed by atoms with van der Waals surface area (Å²) in [6.07, 6.45) is 1.01. The number of carbonyl (C=O) groups is 3. The second-order valence-electron chi connectivity index (χ2n) is 8.23. The Labute approximate surface area is 195 Å². The largest absolute Gasteiger partial charge is 0.344 e. The Kier molecular flexibility index (Phi) is 6.10. The molecule has 4 amide bonds. The molecule has 10 heteroatoms. The number of nitrogens with zero attached hydrogens (tertiary/aromatic N) is 3. The number of benzene rings is 2. The molecule has 33 heavy (non-hydrogen) atoms. The van der Waals surface area contributed by atoms with Crippen LogP contribution in [0.2, 0.25) is 0 Å². The van der Waals surface area contributed by atoms with Gasteiger partial charge in [-0.1, -0.05) is 54.1 Å². The van der Waals surface area contributed by atoms with E-state index in [1.54, 1.807) is 6.92 Å². The molecule has 1 fully saturated rings. The molecule has 1 atom stereocenters. The fourth-order valence-corrected chi connectivity index (χ4v) is 3.96. The standard InChI is InChI=1S/C23H24N6O3S/c1-15-7-6-10-17(13-15)19-25-26-22(33)28(19)14-18(30)27-29-20(31)23(2,24-21(29)32)12-11-16-8-4-3-5-9-16/h3-10,13H,11-12,14H2,1-2H3,(H,24,32)(H,26,33)(H,27,30)/t23-/m1/s1. The lowest BCUT2D eigenvalue weighted by atomic mass is 9.93. The van der Waals surface area contributed by atoms with Crippen LogP contribution in [0.5, 0.6) is 0 Å². The van der Waals surface area contributed by atoms with Crippen molar-refractivity contribution in [2.75, 3.05) is 0 Å². The summed E-state index contributed by atoms with van der Waals surface area (Å²) in [5.74, 6) is -0.590. The monoisotopic (exact) mass is 464 g/mol. The van der Waals surface area contributed by atoms with Crippen molar-refractivity contribution >= 4 is 30.1 Å². The molecule has 3 aromatic rings. The van der Waals surface area contributed by atoms with Gasteiger partial charge < -0.3 is 5.32 Å². The smallest absolute Gasteiger partial charge is 0.322 e. The first kappa shape index (κ1) is 22.4. The van der Waals surface area contributed by atoms with Crippen LogP contribution in [0, 0.1) is 11.7 Å². The van der Waals surface area contributed by atoms with Crippen molar-refractivity contribution in [1.82, 2.24) is 30.5 Å². The molecule has 3 N–H and O–H groups in total. The lowest BCUT2D eigenvalue weighted by Gasteiger charge is -2.21. The van der Waals surface area contributed by atoms with Gasteiger partial charge in [-0.2, -0.15) is 10.1 Å². The lowest BCUT2D eigenvalue weighted by molar-refractivity contribution is -0.139. The third kappa shape index (κ3) is 4.70. The number of urea groups is 1. The van der Waals surface area contributed by atoms with E-state index in [0.29, 0.717) is 18.7 Å². The number of aryl methyl sites for hydroxylation is 2.